The summed E-state index contributed by atoms with van der Waals surface area (Å²) in [7, 11) is -3.54. The summed E-state index contributed by atoms with van der Waals surface area (Å²) in [5.41, 5.74) is 2.40. The van der Waals surface area contributed by atoms with Crippen molar-refractivity contribution in [2.45, 2.75) is 50.0 Å². The fourth-order valence-corrected chi connectivity index (χ4v) is 6.02. The molecule has 4 rings (SSSR count). The molecule has 2 aromatic rings. The van der Waals surface area contributed by atoms with Gasteiger partial charge in [0, 0.05) is 38.4 Å². The molecule has 1 aromatic carbocycles. The summed E-state index contributed by atoms with van der Waals surface area (Å²) in [6, 6.07) is 11.8. The van der Waals surface area contributed by atoms with E-state index in [1.807, 2.05) is 0 Å². The molecule has 2 fully saturated rings. The molecule has 0 amide bonds. The van der Waals surface area contributed by atoms with Gasteiger partial charge in [0.25, 0.3) is 0 Å². The number of nitrogens with one attached hydrogen (secondary N) is 1. The van der Waals surface area contributed by atoms with E-state index < -0.39 is 10.0 Å². The molecule has 0 saturated carbocycles. The number of hydrogen-bond donors (Lipinski definition) is 1. The van der Waals surface area contributed by atoms with Gasteiger partial charge in [-0.2, -0.15) is 4.31 Å². The highest BCUT2D eigenvalue weighted by atomic mass is 32.2. The molecule has 2 aliphatic heterocycles. The van der Waals surface area contributed by atoms with Gasteiger partial charge in [-0.25, -0.2) is 13.4 Å². The second-order valence-corrected chi connectivity index (χ2v) is 10.2. The lowest BCUT2D eigenvalue weighted by Gasteiger charge is -2.33. The lowest BCUT2D eigenvalue weighted by molar-refractivity contribution is -0.0238. The Morgan fingerprint density at radius 1 is 1.10 bits per heavy atom. The Kier molecular flexibility index (Phi) is 6.71. The first-order valence-electron chi connectivity index (χ1n) is 10.9. The van der Waals surface area contributed by atoms with Gasteiger partial charge in [-0.05, 0) is 50.3 Å². The van der Waals surface area contributed by atoms with Gasteiger partial charge in [0.2, 0.25) is 10.0 Å². The normalized spacial score (nSPS) is 23.2. The molecule has 1 N–H and O–H groups in total. The van der Waals surface area contributed by atoms with E-state index in [1.165, 1.54) is 11.1 Å². The second-order valence-electron chi connectivity index (χ2n) is 8.30. The van der Waals surface area contributed by atoms with Crippen LogP contribution in [0.5, 0.6) is 0 Å². The predicted molar refractivity (Wildman–Crippen MR) is 118 cm³/mol. The number of benzene rings is 1. The highest BCUT2D eigenvalue weighted by Gasteiger charge is 2.31. The molecule has 0 spiro atoms. The molecule has 7 heteroatoms. The predicted octanol–water partition coefficient (Wildman–Crippen LogP) is 4.14. The molecular weight excluding hydrogens is 398 g/mol. The van der Waals surface area contributed by atoms with Gasteiger partial charge >= 0.3 is 0 Å². The van der Waals surface area contributed by atoms with Crippen LogP contribution in [0.15, 0.2) is 47.5 Å². The minimum Gasteiger partial charge on any atom is -0.373 e. The fraction of sp³-hybridized carbons (Fsp3) is 0.522. The van der Waals surface area contributed by atoms with E-state index in [0.717, 1.165) is 38.7 Å². The number of pyridine rings is 1. The minimum atomic E-state index is -3.54. The second kappa shape index (κ2) is 9.45. The van der Waals surface area contributed by atoms with Crippen LogP contribution < -0.4 is 5.32 Å². The summed E-state index contributed by atoms with van der Waals surface area (Å²) >= 11 is 0. The first kappa shape index (κ1) is 21.3. The van der Waals surface area contributed by atoms with Crippen LogP contribution in [0.1, 0.15) is 49.3 Å². The van der Waals surface area contributed by atoms with E-state index in [1.54, 1.807) is 22.6 Å². The van der Waals surface area contributed by atoms with Crippen LogP contribution in [0.25, 0.3) is 0 Å². The van der Waals surface area contributed by atoms with E-state index in [0.29, 0.717) is 25.5 Å². The maximum absolute atomic E-state index is 13.2. The average Bonchev–Trinajstić information content (AvgIpc) is 2.79. The molecular formula is C23H31N3O3S. The lowest BCUT2D eigenvalue weighted by atomic mass is 9.89. The third kappa shape index (κ3) is 4.68. The van der Waals surface area contributed by atoms with Gasteiger partial charge in [-0.3, -0.25) is 0 Å². The maximum atomic E-state index is 13.2. The van der Waals surface area contributed by atoms with Crippen molar-refractivity contribution in [2.24, 2.45) is 5.92 Å². The van der Waals surface area contributed by atoms with Gasteiger partial charge < -0.3 is 10.1 Å². The van der Waals surface area contributed by atoms with E-state index in [9.17, 15) is 8.42 Å². The van der Waals surface area contributed by atoms with Crippen molar-refractivity contribution in [2.75, 3.05) is 31.6 Å². The smallest absolute Gasteiger partial charge is 0.246 e. The molecule has 2 aliphatic rings. The molecule has 0 aliphatic carbocycles. The lowest BCUT2D eigenvalue weighted by Crippen LogP contribution is -2.36. The summed E-state index contributed by atoms with van der Waals surface area (Å²) in [4.78, 5) is 4.65. The van der Waals surface area contributed by atoms with Crippen LogP contribution in [-0.2, 0) is 14.8 Å². The van der Waals surface area contributed by atoms with Gasteiger partial charge in [-0.1, -0.05) is 36.2 Å². The van der Waals surface area contributed by atoms with E-state index in [2.05, 4.69) is 41.5 Å². The van der Waals surface area contributed by atoms with E-state index in [-0.39, 0.29) is 16.9 Å². The quantitative estimate of drug-likeness (QED) is 0.747. The summed E-state index contributed by atoms with van der Waals surface area (Å²) in [5.74, 6) is 0.699. The third-order valence-corrected chi connectivity index (χ3v) is 8.02. The Balaban J connectivity index is 1.51. The van der Waals surface area contributed by atoms with Crippen LogP contribution in [0.3, 0.4) is 0 Å². The number of ether oxygens (including phenoxy) is 1. The maximum Gasteiger partial charge on any atom is 0.246 e. The van der Waals surface area contributed by atoms with Crippen molar-refractivity contribution >= 4 is 15.8 Å². The Morgan fingerprint density at radius 2 is 1.87 bits per heavy atom. The van der Waals surface area contributed by atoms with Crippen LogP contribution >= 0.6 is 0 Å². The molecule has 30 heavy (non-hydrogen) atoms. The molecule has 0 bridgehead atoms. The Labute approximate surface area is 179 Å². The highest BCUT2D eigenvalue weighted by Crippen LogP contribution is 2.34. The number of anilines is 1. The Hall–Kier alpha value is -1.96. The van der Waals surface area contributed by atoms with Crippen molar-refractivity contribution in [3.8, 4) is 0 Å². The molecule has 162 valence electrons. The summed E-state index contributed by atoms with van der Waals surface area (Å²) < 4.78 is 34.1. The number of sulfonamides is 1. The molecule has 1 aromatic heterocycles. The number of hydrogen-bond acceptors (Lipinski definition) is 5. The van der Waals surface area contributed by atoms with Crippen molar-refractivity contribution in [1.82, 2.24) is 9.29 Å². The minimum absolute atomic E-state index is 0.0118. The van der Waals surface area contributed by atoms with Gasteiger partial charge in [0.1, 0.15) is 10.7 Å². The highest BCUT2D eigenvalue weighted by molar-refractivity contribution is 7.89. The summed E-state index contributed by atoms with van der Waals surface area (Å²) in [6.45, 7) is 4.63. The number of rotatable bonds is 6. The van der Waals surface area contributed by atoms with Gasteiger partial charge in [0.15, 0.2) is 0 Å². The van der Waals surface area contributed by atoms with Crippen LogP contribution in [0, 0.1) is 12.8 Å². The number of aryl methyl sites for hydroxylation is 1. The first-order chi connectivity index (χ1) is 14.6. The zero-order valence-corrected chi connectivity index (χ0v) is 18.4. The SMILES string of the molecule is Cc1ccc(C2OCCCC2CNc2ncccc2S(=O)(=O)N2CCCCC2)cc1. The average molecular weight is 430 g/mol. The number of piperidine rings is 1. The van der Waals surface area contributed by atoms with Crippen LogP contribution in [-0.4, -0.2) is 43.9 Å². The largest absolute Gasteiger partial charge is 0.373 e. The van der Waals surface area contributed by atoms with Crippen molar-refractivity contribution in [3.05, 3.63) is 53.7 Å². The van der Waals surface area contributed by atoms with Gasteiger partial charge in [-0.15, -0.1) is 0 Å². The Morgan fingerprint density at radius 3 is 2.63 bits per heavy atom. The van der Waals surface area contributed by atoms with Crippen molar-refractivity contribution in [1.29, 1.82) is 0 Å². The number of nitrogens with zero attached hydrogens (tertiary/aromatic N) is 2. The molecule has 6 nitrogen and oxygen atoms in total. The monoisotopic (exact) mass is 429 g/mol. The zero-order chi connectivity index (χ0) is 21.0. The first-order valence-corrected chi connectivity index (χ1v) is 12.4. The van der Waals surface area contributed by atoms with E-state index in [4.69, 9.17) is 4.74 Å². The molecule has 3 heterocycles. The molecule has 2 unspecified atom stereocenters. The summed E-state index contributed by atoms with van der Waals surface area (Å²) in [5, 5.41) is 3.34. The standard InChI is InChI=1S/C23H31N3O3S/c1-18-9-11-19(12-10-18)22-20(7-6-16-29-22)17-25-23-21(8-5-13-24-23)30(27,28)26-14-3-2-4-15-26/h5,8-13,20,22H,2-4,6-7,14-17H2,1H3,(H,24,25). The molecule has 0 radical (unpaired) electrons. The molecule has 2 saturated heterocycles. The number of aromatic nitrogens is 1. The third-order valence-electron chi connectivity index (χ3n) is 6.09. The van der Waals surface area contributed by atoms with E-state index >= 15 is 0 Å². The Bertz CT molecular complexity index is 940. The van der Waals surface area contributed by atoms with Crippen molar-refractivity contribution < 1.29 is 13.2 Å². The van der Waals surface area contributed by atoms with Crippen molar-refractivity contribution in [3.63, 3.8) is 0 Å². The van der Waals surface area contributed by atoms with Gasteiger partial charge in [0.05, 0.1) is 6.10 Å². The van der Waals surface area contributed by atoms with Crippen LogP contribution in [0.4, 0.5) is 5.82 Å². The zero-order valence-electron chi connectivity index (χ0n) is 17.6. The molecule has 2 atom stereocenters. The fourth-order valence-electron chi connectivity index (χ4n) is 4.38. The summed E-state index contributed by atoms with van der Waals surface area (Å²) in [6.07, 6.45) is 6.62. The topological polar surface area (TPSA) is 71.5 Å². The van der Waals surface area contributed by atoms with Crippen LogP contribution in [0.2, 0.25) is 0 Å².